The smallest absolute Gasteiger partial charge is 0.104 e. The largest absolute Gasteiger partial charge is 0.306 e. The number of hydrogen-bond acceptors (Lipinski definition) is 4. The van der Waals surface area contributed by atoms with Crippen molar-refractivity contribution in [2.45, 2.75) is 6.92 Å². The van der Waals surface area contributed by atoms with Crippen molar-refractivity contribution < 1.29 is 0 Å². The number of hydrogen-bond donors (Lipinski definition) is 0. The third kappa shape index (κ3) is 6.18. The van der Waals surface area contributed by atoms with Crippen LogP contribution in [0.15, 0.2) is 237 Å². The predicted octanol–water partition coefficient (Wildman–Crippen LogP) is 20.5. The summed E-state index contributed by atoms with van der Waals surface area (Å²) in [4.78, 5) is 0. The molecular formula is C75H42N6S2. The van der Waals surface area contributed by atoms with E-state index in [1.165, 1.54) is 20.2 Å². The number of nitriles is 2. The highest BCUT2D eigenvalue weighted by atomic mass is 32.1. The maximum absolute atomic E-state index is 12.9. The lowest BCUT2D eigenvalue weighted by Crippen LogP contribution is -2.17. The molecule has 0 aliphatic heterocycles. The molecule has 6 aromatic heterocycles. The van der Waals surface area contributed by atoms with E-state index in [4.69, 9.17) is 0 Å². The summed E-state index contributed by atoms with van der Waals surface area (Å²) in [6.07, 6.45) is 0. The lowest BCUT2D eigenvalue weighted by Gasteiger charge is -2.27. The van der Waals surface area contributed by atoms with Gasteiger partial charge in [0.2, 0.25) is 0 Å². The van der Waals surface area contributed by atoms with E-state index in [0.29, 0.717) is 28.2 Å². The molecule has 18 aromatic rings. The molecule has 6 heterocycles. The van der Waals surface area contributed by atoms with Gasteiger partial charge in [0.15, 0.2) is 0 Å². The Morgan fingerprint density at radius 3 is 1.16 bits per heavy atom. The molecule has 0 aliphatic rings. The summed E-state index contributed by atoms with van der Waals surface area (Å²) in [6.45, 7) is 2.14. The van der Waals surface area contributed by atoms with Crippen molar-refractivity contribution in [1.29, 1.82) is 10.5 Å². The molecule has 83 heavy (non-hydrogen) atoms. The molecule has 0 spiro atoms. The first-order chi connectivity index (χ1) is 41.1. The first-order valence-corrected chi connectivity index (χ1v) is 29.5. The molecule has 0 fully saturated rings. The van der Waals surface area contributed by atoms with Crippen molar-refractivity contribution in [3.05, 3.63) is 253 Å². The van der Waals surface area contributed by atoms with Gasteiger partial charge in [0.25, 0.3) is 0 Å². The number of thiophene rings is 2. The van der Waals surface area contributed by atoms with Gasteiger partial charge in [-0.1, -0.05) is 181 Å². The quantitative estimate of drug-likeness (QED) is 0.172. The number of para-hydroxylation sites is 4. The highest BCUT2D eigenvalue weighted by Crippen LogP contribution is 2.52. The standard InChI is InChI=1S/C75H42N6S2/c1-43-31-37-64-56(39-43)52-33-35-54-50-23-9-15-29-66(50)82-74(54)71(52)80(64)68-58(41-76)69(78-60-25-11-5-19-46(60)47-20-6-12-26-61(47)78)73(70(59(68)42-77)79-62-27-13-7-21-48(62)49-22-8-14-28-63(49)79)81-65-38-32-45(44-17-3-2-4-18-44)40-57(65)53-34-36-55-51-24-10-16-30-67(51)83-75(55)72(53)81/h2-40H,1H3. The molecule has 0 saturated carbocycles. The molecule has 0 amide bonds. The average Bonchev–Trinajstić information content (AvgIpc) is 2.28. The fourth-order valence-electron chi connectivity index (χ4n) is 14.1. The molecule has 0 N–H and O–H groups in total. The number of benzene rings is 12. The van der Waals surface area contributed by atoms with Gasteiger partial charge < -0.3 is 18.3 Å². The van der Waals surface area contributed by atoms with Crippen molar-refractivity contribution in [3.63, 3.8) is 0 Å². The number of rotatable bonds is 5. The Labute approximate surface area is 482 Å². The lowest BCUT2D eigenvalue weighted by molar-refractivity contribution is 1.02. The van der Waals surface area contributed by atoms with Crippen molar-refractivity contribution in [1.82, 2.24) is 18.3 Å². The van der Waals surface area contributed by atoms with Crippen LogP contribution in [0.4, 0.5) is 0 Å². The maximum Gasteiger partial charge on any atom is 0.104 e. The highest BCUT2D eigenvalue weighted by Gasteiger charge is 2.36. The number of fused-ring (bicyclic) bond motifs is 20. The third-order valence-corrected chi connectivity index (χ3v) is 19.9. The van der Waals surface area contributed by atoms with E-state index in [-0.39, 0.29) is 0 Å². The molecule has 18 rings (SSSR count). The first-order valence-electron chi connectivity index (χ1n) is 27.9. The lowest BCUT2D eigenvalue weighted by atomic mass is 9.98. The third-order valence-electron chi connectivity index (χ3n) is 17.5. The minimum atomic E-state index is 0.379. The van der Waals surface area contributed by atoms with Crippen LogP contribution in [-0.2, 0) is 0 Å². The van der Waals surface area contributed by atoms with Crippen molar-refractivity contribution >= 4 is 150 Å². The Kier molecular flexibility index (Phi) is 9.51. The number of aromatic nitrogens is 4. The van der Waals surface area contributed by atoms with Gasteiger partial charge in [-0.05, 0) is 78.7 Å². The minimum Gasteiger partial charge on any atom is -0.306 e. The number of nitrogens with zero attached hydrogens (tertiary/aromatic N) is 6. The summed E-state index contributed by atoms with van der Waals surface area (Å²) in [5, 5.41) is 39.0. The van der Waals surface area contributed by atoms with Gasteiger partial charge >= 0.3 is 0 Å². The second-order valence-corrected chi connectivity index (χ2v) is 23.9. The van der Waals surface area contributed by atoms with Crippen LogP contribution in [0.1, 0.15) is 16.7 Å². The number of aryl methyl sites for hydroxylation is 1. The van der Waals surface area contributed by atoms with E-state index >= 15 is 0 Å². The van der Waals surface area contributed by atoms with Crippen LogP contribution in [0.2, 0.25) is 0 Å². The zero-order valence-corrected chi connectivity index (χ0v) is 46.1. The molecule has 0 saturated heterocycles. The van der Waals surface area contributed by atoms with Crippen molar-refractivity contribution in [2.24, 2.45) is 0 Å². The van der Waals surface area contributed by atoms with Gasteiger partial charge in [-0.25, -0.2) is 0 Å². The van der Waals surface area contributed by atoms with Crippen LogP contribution in [0.3, 0.4) is 0 Å². The van der Waals surface area contributed by atoms with Crippen molar-refractivity contribution in [2.75, 3.05) is 0 Å². The Bertz CT molecular complexity index is 5720. The Morgan fingerprint density at radius 2 is 0.675 bits per heavy atom. The van der Waals surface area contributed by atoms with Gasteiger partial charge in [0.05, 0.1) is 76.3 Å². The topological polar surface area (TPSA) is 67.3 Å². The summed E-state index contributed by atoms with van der Waals surface area (Å²) in [5.41, 5.74) is 14.3. The van der Waals surface area contributed by atoms with E-state index < -0.39 is 0 Å². The molecule has 0 atom stereocenters. The first kappa shape index (κ1) is 46.1. The molecule has 384 valence electrons. The zero-order valence-electron chi connectivity index (χ0n) is 44.5. The molecule has 8 heteroatoms. The minimum absolute atomic E-state index is 0.379. The Balaban J connectivity index is 1.17. The van der Waals surface area contributed by atoms with Crippen molar-refractivity contribution in [3.8, 4) is 46.0 Å². The van der Waals surface area contributed by atoms with Crippen LogP contribution in [-0.4, -0.2) is 18.3 Å². The van der Waals surface area contributed by atoms with Crippen LogP contribution in [0, 0.1) is 29.6 Å². The molecule has 6 nitrogen and oxygen atoms in total. The fraction of sp³-hybridized carbons (Fsp3) is 0.0133. The average molecular weight is 1090 g/mol. The van der Waals surface area contributed by atoms with E-state index in [2.05, 4.69) is 274 Å². The normalized spacial score (nSPS) is 12.1. The van der Waals surface area contributed by atoms with Crippen LogP contribution in [0.25, 0.3) is 161 Å². The Hall–Kier alpha value is -10.7. The monoisotopic (exact) mass is 1090 g/mol. The second kappa shape index (κ2) is 17.1. The van der Waals surface area contributed by atoms with Crippen LogP contribution >= 0.6 is 22.7 Å². The van der Waals surface area contributed by atoms with Gasteiger partial charge in [0.1, 0.15) is 23.3 Å². The SMILES string of the molecule is Cc1ccc2c(c1)c1ccc3c4ccccc4sc3c1n2-c1c(C#N)c(-n2c3ccccc3c3ccccc32)c(-n2c3ccc(-c4ccccc4)cc3c3ccc4c5ccccc5sc4c32)c(-n2c3ccccc3c3ccccc32)c1C#N. The van der Waals surface area contributed by atoms with Gasteiger partial charge in [-0.15, -0.1) is 22.7 Å². The van der Waals surface area contributed by atoms with E-state index in [1.807, 2.05) is 0 Å². The summed E-state index contributed by atoms with van der Waals surface area (Å²) >= 11 is 3.56. The molecule has 0 radical (unpaired) electrons. The zero-order chi connectivity index (χ0) is 54.8. The summed E-state index contributed by atoms with van der Waals surface area (Å²) in [7, 11) is 0. The van der Waals surface area contributed by atoms with Gasteiger partial charge in [0, 0.05) is 74.0 Å². The van der Waals surface area contributed by atoms with E-state index in [9.17, 15) is 10.5 Å². The van der Waals surface area contributed by atoms with Crippen LogP contribution < -0.4 is 0 Å². The highest BCUT2D eigenvalue weighted by molar-refractivity contribution is 7.27. The van der Waals surface area contributed by atoms with Gasteiger partial charge in [-0.2, -0.15) is 10.5 Å². The summed E-state index contributed by atoms with van der Waals surface area (Å²) in [5.74, 6) is 0. The molecule has 12 aromatic carbocycles. The Morgan fingerprint density at radius 1 is 0.289 bits per heavy atom. The molecule has 0 bridgehead atoms. The molecule has 0 unspecified atom stereocenters. The summed E-state index contributed by atoms with van der Waals surface area (Å²) in [6, 6.07) is 90.7. The van der Waals surface area contributed by atoms with E-state index in [0.717, 1.165) is 130 Å². The second-order valence-electron chi connectivity index (χ2n) is 21.8. The fourth-order valence-corrected chi connectivity index (χ4v) is 16.5. The molecular weight excluding hydrogens is 1050 g/mol. The maximum atomic E-state index is 12.9. The summed E-state index contributed by atoms with van der Waals surface area (Å²) < 4.78 is 14.0. The van der Waals surface area contributed by atoms with Crippen LogP contribution in [0.5, 0.6) is 0 Å². The van der Waals surface area contributed by atoms with Gasteiger partial charge in [-0.3, -0.25) is 0 Å². The molecule has 0 aliphatic carbocycles. The predicted molar refractivity (Wildman–Crippen MR) is 349 cm³/mol. The van der Waals surface area contributed by atoms with E-state index in [1.54, 1.807) is 22.7 Å².